The van der Waals surface area contributed by atoms with Crippen LogP contribution in [0.2, 0.25) is 0 Å². The molecule has 0 N–H and O–H groups in total. The topological polar surface area (TPSA) is 9.23 Å². The van der Waals surface area contributed by atoms with Crippen molar-refractivity contribution >= 4 is 0 Å². The monoisotopic (exact) mass is 257 g/mol. The fourth-order valence-corrected chi connectivity index (χ4v) is 1.56. The minimum Gasteiger partial charge on any atom is -0.549 e. The summed E-state index contributed by atoms with van der Waals surface area (Å²) in [6.45, 7) is 5.38. The molecule has 0 aromatic heterocycles. The average Bonchev–Trinajstić information content (AvgIpc) is 2.49. The molecule has 1 aliphatic rings. The first kappa shape index (κ1) is 14.1. The summed E-state index contributed by atoms with van der Waals surface area (Å²) >= 11 is 0. The van der Waals surface area contributed by atoms with Gasteiger partial charge in [0.1, 0.15) is 0 Å². The van der Waals surface area contributed by atoms with Crippen LogP contribution >= 0.6 is 0 Å². The van der Waals surface area contributed by atoms with E-state index in [0.29, 0.717) is 0 Å². The maximum absolute atomic E-state index is 5.47. The quantitative estimate of drug-likeness (QED) is 0.541. The van der Waals surface area contributed by atoms with E-state index in [9.17, 15) is 0 Å². The van der Waals surface area contributed by atoms with Crippen molar-refractivity contribution < 1.29 is 37.4 Å². The Labute approximate surface area is 108 Å². The molecule has 0 bridgehead atoms. The van der Waals surface area contributed by atoms with E-state index in [-0.39, 0.29) is 32.7 Å². The van der Waals surface area contributed by atoms with Crippen LogP contribution in [0.25, 0.3) is 0 Å². The van der Waals surface area contributed by atoms with Gasteiger partial charge in [-0.3, -0.25) is 0 Å². The van der Waals surface area contributed by atoms with Crippen LogP contribution in [0.4, 0.5) is 0 Å². The Kier molecular flexibility index (Phi) is 9.06. The molecule has 1 saturated heterocycles. The van der Waals surface area contributed by atoms with Gasteiger partial charge in [-0.1, -0.05) is 19.3 Å². The van der Waals surface area contributed by atoms with Gasteiger partial charge in [-0.2, -0.15) is 39.2 Å². The zero-order valence-corrected chi connectivity index (χ0v) is 11.8. The van der Waals surface area contributed by atoms with E-state index in [1.165, 1.54) is 44.6 Å². The molecule has 0 aromatic carbocycles. The van der Waals surface area contributed by atoms with Crippen LogP contribution in [-0.2, 0) is 37.4 Å². The first-order valence-corrected chi connectivity index (χ1v) is 5.05. The van der Waals surface area contributed by atoms with Gasteiger partial charge in [0.15, 0.2) is 0 Å². The number of ether oxygens (including phenoxy) is 1. The largest absolute Gasteiger partial charge is 0.549 e. The molecule has 0 saturated carbocycles. The predicted octanol–water partition coefficient (Wildman–Crippen LogP) is 3.50. The third-order valence-electron chi connectivity index (χ3n) is 2.29. The van der Waals surface area contributed by atoms with Crippen molar-refractivity contribution in [1.29, 1.82) is 0 Å². The zero-order valence-electron chi connectivity index (χ0n) is 8.94. The molecule has 1 aliphatic heterocycles. The van der Waals surface area contributed by atoms with E-state index < -0.39 is 0 Å². The third kappa shape index (κ3) is 7.05. The Morgan fingerprint density at radius 3 is 2.62 bits per heavy atom. The van der Waals surface area contributed by atoms with E-state index in [0.717, 1.165) is 6.61 Å². The minimum absolute atomic E-state index is 0. The fraction of sp³-hybridized carbons (Fsp3) is 0.818. The van der Waals surface area contributed by atoms with Gasteiger partial charge in [-0.25, -0.2) is 0 Å². The molecule has 0 unspecified atom stereocenters. The van der Waals surface area contributed by atoms with Gasteiger partial charge < -0.3 is 10.7 Å². The molecule has 0 spiro atoms. The molecule has 0 aliphatic carbocycles. The van der Waals surface area contributed by atoms with Crippen LogP contribution in [0.3, 0.4) is 0 Å². The average molecular weight is 257 g/mol. The molecule has 75 valence electrons. The maximum atomic E-state index is 5.47. The van der Waals surface area contributed by atoms with Crippen LogP contribution in [0.1, 0.15) is 52.4 Å². The molecular weight excluding hydrogens is 237 g/mol. The molecule has 0 atom stereocenters. The van der Waals surface area contributed by atoms with Crippen molar-refractivity contribution in [3.8, 4) is 0 Å². The number of rotatable bonds is 5. The second-order valence-corrected chi connectivity index (χ2v) is 3.90. The fourth-order valence-electron chi connectivity index (χ4n) is 1.56. The van der Waals surface area contributed by atoms with Crippen molar-refractivity contribution in [3.05, 3.63) is 12.0 Å². The summed E-state index contributed by atoms with van der Waals surface area (Å²) < 4.78 is 5.47. The summed E-state index contributed by atoms with van der Waals surface area (Å²) in [4.78, 5) is 0. The van der Waals surface area contributed by atoms with Crippen molar-refractivity contribution in [1.82, 2.24) is 0 Å². The van der Waals surface area contributed by atoms with E-state index in [1.54, 1.807) is 5.92 Å². The van der Waals surface area contributed by atoms with Gasteiger partial charge >= 0.3 is 0 Å². The van der Waals surface area contributed by atoms with Gasteiger partial charge in [-0.05, 0) is 0 Å². The first-order chi connectivity index (χ1) is 5.79. The van der Waals surface area contributed by atoms with Crippen molar-refractivity contribution in [3.63, 3.8) is 0 Å². The molecule has 2 heteroatoms. The zero-order chi connectivity index (χ0) is 8.81. The molecule has 0 aromatic rings. The summed E-state index contributed by atoms with van der Waals surface area (Å²) in [5.41, 5.74) is 0. The standard InChI is InChI=1S/C11H20O.Y/c1-10(2)6-3-4-7-11-8-5-9-12-11;/h3-9H2,1-2H3;/q-2;. The van der Waals surface area contributed by atoms with Crippen LogP contribution < -0.4 is 0 Å². The number of unbranched alkanes of at least 4 members (excludes halogenated alkanes) is 1. The molecule has 13 heavy (non-hydrogen) atoms. The van der Waals surface area contributed by atoms with Gasteiger partial charge in [0, 0.05) is 39.3 Å². The Morgan fingerprint density at radius 2 is 2.08 bits per heavy atom. The Morgan fingerprint density at radius 1 is 1.31 bits per heavy atom. The smallest absolute Gasteiger partial charge is 0.00902 e. The van der Waals surface area contributed by atoms with E-state index in [4.69, 9.17) is 4.74 Å². The SMILES string of the molecule is C[C-](C)CCCC[C-]1CCCO1.[Y]. The summed E-state index contributed by atoms with van der Waals surface area (Å²) in [5.74, 6) is 1.55. The maximum Gasteiger partial charge on any atom is 0.00902 e. The molecule has 1 nitrogen and oxygen atoms in total. The first-order valence-electron chi connectivity index (χ1n) is 5.05. The number of hydrogen-bond donors (Lipinski definition) is 0. The van der Waals surface area contributed by atoms with E-state index >= 15 is 0 Å². The molecule has 0 amide bonds. The Bertz CT molecular complexity index is 109. The van der Waals surface area contributed by atoms with Crippen LogP contribution in [0.15, 0.2) is 0 Å². The molecule has 1 radical (unpaired) electrons. The van der Waals surface area contributed by atoms with Crippen molar-refractivity contribution in [2.75, 3.05) is 6.61 Å². The molecule has 1 rings (SSSR count). The summed E-state index contributed by atoms with van der Waals surface area (Å²) in [7, 11) is 0. The van der Waals surface area contributed by atoms with Gasteiger partial charge in [0.2, 0.25) is 0 Å². The molecular formula is C11H20OY-2. The summed E-state index contributed by atoms with van der Waals surface area (Å²) in [5, 5.41) is 0. The van der Waals surface area contributed by atoms with E-state index in [1.807, 2.05) is 0 Å². The van der Waals surface area contributed by atoms with Gasteiger partial charge in [0.05, 0.1) is 0 Å². The van der Waals surface area contributed by atoms with Gasteiger partial charge in [-0.15, -0.1) is 0 Å². The molecule has 1 fully saturated rings. The second-order valence-electron chi connectivity index (χ2n) is 3.90. The summed E-state index contributed by atoms with van der Waals surface area (Å²) in [6.07, 6.45) is 8.93. The van der Waals surface area contributed by atoms with Crippen molar-refractivity contribution in [2.45, 2.75) is 52.4 Å². The normalized spacial score (nSPS) is 17.8. The van der Waals surface area contributed by atoms with E-state index in [2.05, 4.69) is 13.8 Å². The number of hydrogen-bond acceptors (Lipinski definition) is 1. The van der Waals surface area contributed by atoms with Crippen LogP contribution in [0, 0.1) is 12.0 Å². The Balaban J connectivity index is 0.00000144. The van der Waals surface area contributed by atoms with Crippen LogP contribution in [-0.4, -0.2) is 6.61 Å². The van der Waals surface area contributed by atoms with Gasteiger partial charge in [0.25, 0.3) is 0 Å². The summed E-state index contributed by atoms with van der Waals surface area (Å²) in [6, 6.07) is 0. The Hall–Kier alpha value is 1.06. The predicted molar refractivity (Wildman–Crippen MR) is 51.5 cm³/mol. The molecule has 1 heterocycles. The third-order valence-corrected chi connectivity index (χ3v) is 2.29. The minimum atomic E-state index is 0. The van der Waals surface area contributed by atoms with Crippen LogP contribution in [0.5, 0.6) is 0 Å². The van der Waals surface area contributed by atoms with Crippen molar-refractivity contribution in [2.24, 2.45) is 0 Å². The second kappa shape index (κ2) is 8.38.